The van der Waals surface area contributed by atoms with Crippen LogP contribution < -0.4 is 5.73 Å². The zero-order valence-electron chi connectivity index (χ0n) is 18.6. The Morgan fingerprint density at radius 2 is 1.94 bits per heavy atom. The first-order chi connectivity index (χ1) is 16.0. The van der Waals surface area contributed by atoms with E-state index in [4.69, 9.17) is 22.3 Å². The van der Waals surface area contributed by atoms with Crippen molar-refractivity contribution in [2.75, 3.05) is 18.8 Å². The molecule has 1 aliphatic heterocycles. The third-order valence-electron chi connectivity index (χ3n) is 6.51. The fourth-order valence-corrected chi connectivity index (χ4v) is 4.93. The summed E-state index contributed by atoms with van der Waals surface area (Å²) < 4.78 is 0. The number of nitrogen functional groups attached to an aromatic ring is 1. The minimum absolute atomic E-state index is 0.213. The largest absolute Gasteiger partial charge is 0.398 e. The second-order valence-electron chi connectivity index (χ2n) is 8.83. The number of aromatic nitrogens is 2. The average Bonchev–Trinajstić information content (AvgIpc) is 3.22. The van der Waals surface area contributed by atoms with Crippen molar-refractivity contribution in [3.63, 3.8) is 0 Å². The van der Waals surface area contributed by atoms with Crippen molar-refractivity contribution in [2.45, 2.75) is 32.4 Å². The summed E-state index contributed by atoms with van der Waals surface area (Å²) in [6, 6.07) is 16.2. The molecule has 3 N–H and O–H groups in total. The van der Waals surface area contributed by atoms with Crippen LogP contribution in [0.5, 0.6) is 0 Å². The van der Waals surface area contributed by atoms with E-state index in [1.165, 1.54) is 5.56 Å². The van der Waals surface area contributed by atoms with Crippen LogP contribution in [0.2, 0.25) is 5.02 Å². The van der Waals surface area contributed by atoms with Gasteiger partial charge in [-0.05, 0) is 53.8 Å². The van der Waals surface area contributed by atoms with E-state index in [0.717, 1.165) is 64.9 Å². The van der Waals surface area contributed by atoms with E-state index in [1.807, 2.05) is 36.7 Å². The first kappa shape index (κ1) is 21.8. The van der Waals surface area contributed by atoms with Gasteiger partial charge in [-0.3, -0.25) is 14.9 Å². The number of pyridine rings is 2. The molecule has 4 aromatic rings. The third kappa shape index (κ3) is 4.44. The number of benzene rings is 2. The highest BCUT2D eigenvalue weighted by atomic mass is 35.5. The number of anilines is 1. The molecule has 1 atom stereocenters. The molecule has 5 rings (SSSR count). The number of rotatable bonds is 5. The lowest BCUT2D eigenvalue weighted by Gasteiger charge is -2.16. The molecule has 33 heavy (non-hydrogen) atoms. The summed E-state index contributed by atoms with van der Waals surface area (Å²) in [5, 5.41) is 11.5. The summed E-state index contributed by atoms with van der Waals surface area (Å²) in [5.74, 6) is 0. The number of nitrogens with zero attached hydrogens (tertiary/aromatic N) is 3. The first-order valence-corrected chi connectivity index (χ1v) is 11.6. The fourth-order valence-electron chi connectivity index (χ4n) is 4.70. The van der Waals surface area contributed by atoms with E-state index < -0.39 is 0 Å². The number of likely N-dealkylation sites (tertiary alicyclic amines) is 1. The van der Waals surface area contributed by atoms with Crippen LogP contribution in [0.4, 0.5) is 5.69 Å². The zero-order chi connectivity index (χ0) is 22.9. The Labute approximate surface area is 198 Å². The number of fused-ring (bicyclic) bond motifs is 1. The summed E-state index contributed by atoms with van der Waals surface area (Å²) in [4.78, 5) is 11.7. The second-order valence-corrected chi connectivity index (χ2v) is 9.20. The number of nitrogens with two attached hydrogens (primary N) is 1. The van der Waals surface area contributed by atoms with Gasteiger partial charge in [0.25, 0.3) is 0 Å². The lowest BCUT2D eigenvalue weighted by atomic mass is 9.93. The molecule has 6 heteroatoms. The van der Waals surface area contributed by atoms with Gasteiger partial charge in [-0.15, -0.1) is 0 Å². The molecule has 168 valence electrons. The van der Waals surface area contributed by atoms with Crippen LogP contribution in [0.15, 0.2) is 60.9 Å². The van der Waals surface area contributed by atoms with E-state index in [1.54, 1.807) is 0 Å². The van der Waals surface area contributed by atoms with E-state index >= 15 is 0 Å². The first-order valence-electron chi connectivity index (χ1n) is 11.3. The Bertz CT molecular complexity index is 1320. The molecule has 0 saturated carbocycles. The molecular formula is C27H27ClN4O. The van der Waals surface area contributed by atoms with Crippen LogP contribution in [0, 0.1) is 6.92 Å². The lowest BCUT2D eigenvalue weighted by molar-refractivity contribution is 0.175. The zero-order valence-corrected chi connectivity index (χ0v) is 19.4. The van der Waals surface area contributed by atoms with Crippen LogP contribution in [-0.2, 0) is 13.0 Å². The van der Waals surface area contributed by atoms with Gasteiger partial charge >= 0.3 is 0 Å². The van der Waals surface area contributed by atoms with E-state index in [-0.39, 0.29) is 6.10 Å². The number of aliphatic hydroxyl groups excluding tert-OH is 1. The quantitative estimate of drug-likeness (QED) is 0.412. The highest BCUT2D eigenvalue weighted by Gasteiger charge is 2.20. The molecule has 3 heterocycles. The molecule has 1 fully saturated rings. The molecule has 2 aromatic carbocycles. The van der Waals surface area contributed by atoms with E-state index in [2.05, 4.69) is 41.1 Å². The van der Waals surface area contributed by atoms with E-state index in [0.29, 0.717) is 17.1 Å². The summed E-state index contributed by atoms with van der Waals surface area (Å²) in [7, 11) is 0. The standard InChI is InChI=1S/C27H27ClN4O/c1-17-19(4-2-5-22(17)23-6-3-7-24(29)26(23)28)13-25-27-20(8-10-30-25)12-18(14-31-27)15-32-11-9-21(33)16-32/h2-8,10,12,14,21,33H,9,11,13,15-16,29H2,1H3/t21-/m1/s1. The molecule has 0 spiro atoms. The highest BCUT2D eigenvalue weighted by molar-refractivity contribution is 6.35. The van der Waals surface area contributed by atoms with Gasteiger partial charge in [-0.25, -0.2) is 0 Å². The van der Waals surface area contributed by atoms with Crippen molar-refractivity contribution in [2.24, 2.45) is 0 Å². The Kier molecular flexibility index (Phi) is 6.02. The number of halogens is 1. The van der Waals surface area contributed by atoms with Gasteiger partial charge in [-0.1, -0.05) is 41.9 Å². The van der Waals surface area contributed by atoms with Gasteiger partial charge in [0.1, 0.15) is 0 Å². The maximum Gasteiger partial charge on any atom is 0.0920 e. The third-order valence-corrected chi connectivity index (χ3v) is 6.93. The number of hydrogen-bond donors (Lipinski definition) is 2. The monoisotopic (exact) mass is 458 g/mol. The average molecular weight is 459 g/mol. The molecule has 0 unspecified atom stereocenters. The van der Waals surface area contributed by atoms with Gasteiger partial charge < -0.3 is 10.8 Å². The molecule has 0 aliphatic carbocycles. The Hall–Kier alpha value is -2.99. The summed E-state index contributed by atoms with van der Waals surface area (Å²) in [6.07, 6.45) is 5.11. The Balaban J connectivity index is 1.45. The predicted octanol–water partition coefficient (Wildman–Crippen LogP) is 5.00. The predicted molar refractivity (Wildman–Crippen MR) is 134 cm³/mol. The van der Waals surface area contributed by atoms with Gasteiger partial charge in [-0.2, -0.15) is 0 Å². The normalized spacial score (nSPS) is 16.5. The molecular weight excluding hydrogens is 432 g/mol. The molecule has 0 bridgehead atoms. The maximum absolute atomic E-state index is 9.79. The van der Waals surface area contributed by atoms with E-state index in [9.17, 15) is 5.11 Å². The highest BCUT2D eigenvalue weighted by Crippen LogP contribution is 2.35. The number of β-amino-alcohol motifs (C(OH)–C–C–N with tert-alkyl or cyclic N) is 1. The van der Waals surface area contributed by atoms with Crippen LogP contribution in [0.25, 0.3) is 22.0 Å². The molecule has 5 nitrogen and oxygen atoms in total. The molecule has 2 aromatic heterocycles. The van der Waals surface area contributed by atoms with Gasteiger partial charge in [0, 0.05) is 49.4 Å². The smallest absolute Gasteiger partial charge is 0.0920 e. The van der Waals surface area contributed by atoms with Gasteiger partial charge in [0.15, 0.2) is 0 Å². The van der Waals surface area contributed by atoms with Crippen molar-refractivity contribution >= 4 is 28.2 Å². The molecule has 0 amide bonds. The molecule has 0 radical (unpaired) electrons. The Morgan fingerprint density at radius 1 is 1.12 bits per heavy atom. The van der Waals surface area contributed by atoms with Crippen LogP contribution in [0.3, 0.4) is 0 Å². The second kappa shape index (κ2) is 9.10. The van der Waals surface area contributed by atoms with Crippen molar-refractivity contribution in [3.05, 3.63) is 88.3 Å². The summed E-state index contributed by atoms with van der Waals surface area (Å²) in [5.41, 5.74) is 14.0. The lowest BCUT2D eigenvalue weighted by Crippen LogP contribution is -2.21. The van der Waals surface area contributed by atoms with Crippen LogP contribution in [-0.4, -0.2) is 39.2 Å². The minimum atomic E-state index is -0.213. The SMILES string of the molecule is Cc1c(Cc2nccc3cc(CN4CC[C@@H](O)C4)cnc23)cccc1-c1cccc(N)c1Cl. The van der Waals surface area contributed by atoms with Crippen molar-refractivity contribution in [1.29, 1.82) is 0 Å². The van der Waals surface area contributed by atoms with Gasteiger partial charge in [0.2, 0.25) is 0 Å². The summed E-state index contributed by atoms with van der Waals surface area (Å²) in [6.45, 7) is 4.57. The summed E-state index contributed by atoms with van der Waals surface area (Å²) >= 11 is 6.51. The minimum Gasteiger partial charge on any atom is -0.398 e. The number of aliphatic hydroxyl groups is 1. The van der Waals surface area contributed by atoms with Crippen molar-refractivity contribution < 1.29 is 5.11 Å². The fraction of sp³-hybridized carbons (Fsp3) is 0.259. The van der Waals surface area contributed by atoms with Crippen LogP contribution in [0.1, 0.15) is 28.8 Å². The topological polar surface area (TPSA) is 75.3 Å². The molecule has 1 saturated heterocycles. The van der Waals surface area contributed by atoms with Gasteiger partial charge in [0.05, 0.1) is 28.0 Å². The van der Waals surface area contributed by atoms with Crippen LogP contribution >= 0.6 is 11.6 Å². The number of hydrogen-bond acceptors (Lipinski definition) is 5. The molecule has 1 aliphatic rings. The van der Waals surface area contributed by atoms with Crippen molar-refractivity contribution in [3.8, 4) is 11.1 Å². The maximum atomic E-state index is 9.79. The van der Waals surface area contributed by atoms with Crippen molar-refractivity contribution in [1.82, 2.24) is 14.9 Å². The Morgan fingerprint density at radius 3 is 2.76 bits per heavy atom.